The number of benzene rings is 2. The number of hydrogen-bond acceptors (Lipinski definition) is 6. The molecule has 4 rings (SSSR count). The summed E-state index contributed by atoms with van der Waals surface area (Å²) in [6.07, 6.45) is 7.13. The van der Waals surface area contributed by atoms with Crippen molar-refractivity contribution in [3.8, 4) is 0 Å². The smallest absolute Gasteiger partial charge is 0.341 e. The number of nitrogens with one attached hydrogen (secondary N) is 2. The molecule has 3 aromatic rings. The van der Waals surface area contributed by atoms with Crippen molar-refractivity contribution in [2.24, 2.45) is 0 Å². The van der Waals surface area contributed by atoms with Crippen molar-refractivity contribution in [3.05, 3.63) is 76.2 Å². The van der Waals surface area contributed by atoms with Crippen LogP contribution >= 0.6 is 23.1 Å². The molecule has 1 unspecified atom stereocenters. The van der Waals surface area contributed by atoms with Gasteiger partial charge in [-0.25, -0.2) is 4.79 Å². The fourth-order valence-corrected chi connectivity index (χ4v) is 6.93. The normalized spacial score (nSPS) is 13.9. The maximum Gasteiger partial charge on any atom is 0.341 e. The van der Waals surface area contributed by atoms with Gasteiger partial charge in [-0.2, -0.15) is 0 Å². The quantitative estimate of drug-likeness (QED) is 0.224. The van der Waals surface area contributed by atoms with Crippen LogP contribution in [0.3, 0.4) is 0 Å². The Morgan fingerprint density at radius 1 is 0.974 bits per heavy atom. The summed E-state index contributed by atoms with van der Waals surface area (Å²) in [6.45, 7) is 1.97. The summed E-state index contributed by atoms with van der Waals surface area (Å²) in [5, 5.41) is 6.24. The lowest BCUT2D eigenvalue weighted by Crippen LogP contribution is -2.25. The number of fused-ring (bicyclic) bond motifs is 1. The molecule has 1 aliphatic rings. The molecular weight excluding hydrogens is 516 g/mol. The highest BCUT2D eigenvalue weighted by Crippen LogP contribution is 2.38. The summed E-state index contributed by atoms with van der Waals surface area (Å²) in [7, 11) is 1.39. The first-order valence-electron chi connectivity index (χ1n) is 13.1. The molecule has 0 aliphatic heterocycles. The largest absolute Gasteiger partial charge is 0.465 e. The molecule has 0 fully saturated rings. The highest BCUT2D eigenvalue weighted by atomic mass is 32.2. The van der Waals surface area contributed by atoms with Gasteiger partial charge in [-0.15, -0.1) is 23.1 Å². The first kappa shape index (κ1) is 27.9. The first-order valence-corrected chi connectivity index (χ1v) is 14.8. The molecule has 8 heteroatoms. The minimum Gasteiger partial charge on any atom is -0.465 e. The Morgan fingerprint density at radius 3 is 2.47 bits per heavy atom. The second-order valence-corrected chi connectivity index (χ2v) is 11.7. The van der Waals surface area contributed by atoms with E-state index in [0.29, 0.717) is 29.1 Å². The Morgan fingerprint density at radius 2 is 1.74 bits per heavy atom. The molecule has 0 saturated carbocycles. The number of amides is 2. The molecule has 1 aromatic heterocycles. The standard InChI is InChI=1S/C30H34N2O4S2/c1-3-24(37-22-15-11-14-21(19-22)31-26(33)18-20-12-7-6-8-13-20)28(34)32-29-27(30(35)36-2)23-16-9-4-5-10-17-25(23)38-29/h6-8,11-15,19,24H,3-5,9-10,16-18H2,1-2H3,(H,31,33)(H,32,34). The van der Waals surface area contributed by atoms with Crippen LogP contribution in [0.25, 0.3) is 0 Å². The Balaban J connectivity index is 1.45. The number of carbonyl (C=O) groups excluding carboxylic acids is 3. The average Bonchev–Trinajstić information content (AvgIpc) is 3.22. The number of hydrogen-bond donors (Lipinski definition) is 2. The van der Waals surface area contributed by atoms with Crippen LogP contribution in [0.2, 0.25) is 0 Å². The lowest BCUT2D eigenvalue weighted by atomic mass is 9.96. The number of ether oxygens (including phenoxy) is 1. The number of methoxy groups -OCH3 is 1. The van der Waals surface area contributed by atoms with Gasteiger partial charge >= 0.3 is 5.97 Å². The van der Waals surface area contributed by atoms with Crippen LogP contribution < -0.4 is 10.6 Å². The average molecular weight is 551 g/mol. The van der Waals surface area contributed by atoms with E-state index in [4.69, 9.17) is 4.74 Å². The molecule has 0 bridgehead atoms. The maximum absolute atomic E-state index is 13.4. The third kappa shape index (κ3) is 7.26. The van der Waals surface area contributed by atoms with Crippen LogP contribution in [-0.2, 0) is 33.6 Å². The van der Waals surface area contributed by atoms with E-state index in [9.17, 15) is 14.4 Å². The molecule has 2 amide bonds. The van der Waals surface area contributed by atoms with Gasteiger partial charge in [-0.1, -0.05) is 56.2 Å². The van der Waals surface area contributed by atoms with Gasteiger partial charge in [0.2, 0.25) is 11.8 Å². The van der Waals surface area contributed by atoms with Gasteiger partial charge in [0.05, 0.1) is 24.3 Å². The number of carbonyl (C=O) groups is 3. The first-order chi connectivity index (χ1) is 18.5. The number of thiophene rings is 1. The van der Waals surface area contributed by atoms with Crippen LogP contribution in [0.4, 0.5) is 10.7 Å². The van der Waals surface area contributed by atoms with Gasteiger partial charge in [-0.3, -0.25) is 9.59 Å². The zero-order valence-corrected chi connectivity index (χ0v) is 23.5. The van der Waals surface area contributed by atoms with Crippen molar-refractivity contribution in [3.63, 3.8) is 0 Å². The Kier molecular flexibility index (Phi) is 10.0. The molecule has 1 heterocycles. The van der Waals surface area contributed by atoms with Gasteiger partial charge in [0.15, 0.2) is 0 Å². The van der Waals surface area contributed by atoms with Gasteiger partial charge in [0.1, 0.15) is 5.00 Å². The fraction of sp³-hybridized carbons (Fsp3) is 0.367. The third-order valence-corrected chi connectivity index (χ3v) is 9.13. The molecule has 6 nitrogen and oxygen atoms in total. The summed E-state index contributed by atoms with van der Waals surface area (Å²) >= 11 is 2.96. The highest BCUT2D eigenvalue weighted by molar-refractivity contribution is 8.00. The summed E-state index contributed by atoms with van der Waals surface area (Å²) in [5.41, 5.74) is 3.20. The number of esters is 1. The van der Waals surface area contributed by atoms with Crippen LogP contribution in [0.5, 0.6) is 0 Å². The van der Waals surface area contributed by atoms with E-state index in [1.165, 1.54) is 41.5 Å². The molecule has 2 N–H and O–H groups in total. The predicted molar refractivity (Wildman–Crippen MR) is 155 cm³/mol. The number of aryl methyl sites for hydroxylation is 1. The van der Waals surface area contributed by atoms with Crippen LogP contribution in [0, 0.1) is 0 Å². The van der Waals surface area contributed by atoms with E-state index in [0.717, 1.165) is 48.1 Å². The zero-order chi connectivity index (χ0) is 26.9. The van der Waals surface area contributed by atoms with E-state index in [-0.39, 0.29) is 17.1 Å². The molecule has 1 atom stereocenters. The van der Waals surface area contributed by atoms with E-state index in [2.05, 4.69) is 10.6 Å². The summed E-state index contributed by atoms with van der Waals surface area (Å²) in [6, 6.07) is 17.1. The van der Waals surface area contributed by atoms with Crippen LogP contribution in [0.1, 0.15) is 65.4 Å². The van der Waals surface area contributed by atoms with Crippen molar-refractivity contribution in [2.75, 3.05) is 17.7 Å². The van der Waals surface area contributed by atoms with Gasteiger partial charge < -0.3 is 15.4 Å². The van der Waals surface area contributed by atoms with Gasteiger partial charge in [0.25, 0.3) is 0 Å². The number of rotatable bonds is 9. The van der Waals surface area contributed by atoms with E-state index >= 15 is 0 Å². The SMILES string of the molecule is CCC(Sc1cccc(NC(=O)Cc2ccccc2)c1)C(=O)Nc1sc2c(c1C(=O)OC)CCCCCC2. The summed E-state index contributed by atoms with van der Waals surface area (Å²) in [4.78, 5) is 40.7. The Labute approximate surface area is 232 Å². The molecule has 0 spiro atoms. The van der Waals surface area contributed by atoms with E-state index < -0.39 is 5.97 Å². The number of thioether (sulfide) groups is 1. The summed E-state index contributed by atoms with van der Waals surface area (Å²) < 4.78 is 5.10. The Bertz CT molecular complexity index is 1270. The highest BCUT2D eigenvalue weighted by Gasteiger charge is 2.28. The maximum atomic E-state index is 13.4. The molecule has 1 aliphatic carbocycles. The van der Waals surface area contributed by atoms with Crippen molar-refractivity contribution >= 4 is 51.6 Å². The van der Waals surface area contributed by atoms with Crippen molar-refractivity contribution in [1.29, 1.82) is 0 Å². The van der Waals surface area contributed by atoms with Crippen LogP contribution in [-0.4, -0.2) is 30.1 Å². The minimum atomic E-state index is -0.391. The molecule has 200 valence electrons. The lowest BCUT2D eigenvalue weighted by molar-refractivity contribution is -0.116. The lowest BCUT2D eigenvalue weighted by Gasteiger charge is -2.16. The number of anilines is 2. The fourth-order valence-electron chi connectivity index (χ4n) is 4.64. The second-order valence-electron chi connectivity index (χ2n) is 9.36. The van der Waals surface area contributed by atoms with Gasteiger partial charge in [-0.05, 0) is 61.4 Å². The monoisotopic (exact) mass is 550 g/mol. The van der Waals surface area contributed by atoms with Crippen LogP contribution in [0.15, 0.2) is 59.5 Å². The summed E-state index contributed by atoms with van der Waals surface area (Å²) in [5.74, 6) is -0.625. The molecule has 2 aromatic carbocycles. The second kappa shape index (κ2) is 13.6. The predicted octanol–water partition coefficient (Wildman–Crippen LogP) is 6.88. The molecule has 0 radical (unpaired) electrons. The molecule has 38 heavy (non-hydrogen) atoms. The minimum absolute atomic E-state index is 0.0910. The third-order valence-electron chi connectivity index (χ3n) is 6.56. The van der Waals surface area contributed by atoms with E-state index in [1.807, 2.05) is 61.5 Å². The molecular formula is C30H34N2O4S2. The van der Waals surface area contributed by atoms with Crippen molar-refractivity contribution in [2.45, 2.75) is 68.4 Å². The zero-order valence-electron chi connectivity index (χ0n) is 21.9. The van der Waals surface area contributed by atoms with E-state index in [1.54, 1.807) is 0 Å². The topological polar surface area (TPSA) is 84.5 Å². The Hall–Kier alpha value is -3.10. The molecule has 0 saturated heterocycles. The van der Waals surface area contributed by atoms with Crippen molar-refractivity contribution < 1.29 is 19.1 Å². The van der Waals surface area contributed by atoms with Gasteiger partial charge in [0, 0.05) is 15.5 Å². The van der Waals surface area contributed by atoms with Crippen molar-refractivity contribution in [1.82, 2.24) is 0 Å².